The maximum atomic E-state index is 12.1. The lowest BCUT2D eigenvalue weighted by Gasteiger charge is -2.23. The van der Waals surface area contributed by atoms with E-state index in [4.69, 9.17) is 0 Å². The summed E-state index contributed by atoms with van der Waals surface area (Å²) in [7, 11) is 0. The van der Waals surface area contributed by atoms with Crippen LogP contribution in [-0.2, 0) is 0 Å². The van der Waals surface area contributed by atoms with E-state index in [9.17, 15) is 4.79 Å². The van der Waals surface area contributed by atoms with Crippen molar-refractivity contribution in [3.63, 3.8) is 0 Å². The average molecular weight is 310 g/mol. The molecule has 1 aliphatic rings. The summed E-state index contributed by atoms with van der Waals surface area (Å²) in [6, 6.07) is 5.81. The SMILES string of the molecule is Cc1cc(Br)cc(C(=O)NCC2(C)CCCC2)c1. The van der Waals surface area contributed by atoms with E-state index in [0.717, 1.165) is 22.1 Å². The molecule has 0 saturated heterocycles. The van der Waals surface area contributed by atoms with Crippen LogP contribution < -0.4 is 5.32 Å². The van der Waals surface area contributed by atoms with Crippen molar-refractivity contribution in [3.05, 3.63) is 33.8 Å². The molecule has 3 heteroatoms. The smallest absolute Gasteiger partial charge is 0.251 e. The van der Waals surface area contributed by atoms with E-state index in [0.29, 0.717) is 5.41 Å². The fourth-order valence-corrected chi connectivity index (χ4v) is 3.28. The van der Waals surface area contributed by atoms with Gasteiger partial charge >= 0.3 is 0 Å². The summed E-state index contributed by atoms with van der Waals surface area (Å²) in [6.45, 7) is 5.06. The van der Waals surface area contributed by atoms with Crippen molar-refractivity contribution in [2.75, 3.05) is 6.54 Å². The molecule has 2 nitrogen and oxygen atoms in total. The van der Waals surface area contributed by atoms with Crippen LogP contribution in [0.5, 0.6) is 0 Å². The molecule has 1 aromatic carbocycles. The zero-order chi connectivity index (χ0) is 13.2. The van der Waals surface area contributed by atoms with Gasteiger partial charge in [-0.05, 0) is 48.9 Å². The summed E-state index contributed by atoms with van der Waals surface area (Å²) in [5.41, 5.74) is 2.14. The zero-order valence-electron chi connectivity index (χ0n) is 11.1. The van der Waals surface area contributed by atoms with E-state index in [2.05, 4.69) is 28.2 Å². The fourth-order valence-electron chi connectivity index (χ4n) is 2.67. The molecular weight excluding hydrogens is 290 g/mol. The summed E-state index contributed by atoms with van der Waals surface area (Å²) < 4.78 is 0.958. The average Bonchev–Trinajstić information content (AvgIpc) is 2.72. The standard InChI is InChI=1S/C15H20BrNO/c1-11-7-12(9-13(16)8-11)14(18)17-10-15(2)5-3-4-6-15/h7-9H,3-6,10H2,1-2H3,(H,17,18). The lowest BCUT2D eigenvalue weighted by molar-refractivity contribution is 0.0934. The Morgan fingerprint density at radius 3 is 2.61 bits per heavy atom. The molecular formula is C15H20BrNO. The monoisotopic (exact) mass is 309 g/mol. The molecule has 1 saturated carbocycles. The highest BCUT2D eigenvalue weighted by Gasteiger charge is 2.28. The first-order chi connectivity index (χ1) is 8.48. The van der Waals surface area contributed by atoms with Crippen LogP contribution >= 0.6 is 15.9 Å². The molecule has 1 amide bonds. The van der Waals surface area contributed by atoms with Gasteiger partial charge in [-0.15, -0.1) is 0 Å². The summed E-state index contributed by atoms with van der Waals surface area (Å²) in [4.78, 5) is 12.1. The number of hydrogen-bond acceptors (Lipinski definition) is 1. The largest absolute Gasteiger partial charge is 0.351 e. The number of carbonyl (C=O) groups excluding carboxylic acids is 1. The van der Waals surface area contributed by atoms with Gasteiger partial charge in [0.2, 0.25) is 0 Å². The van der Waals surface area contributed by atoms with Crippen molar-refractivity contribution in [1.82, 2.24) is 5.32 Å². The molecule has 0 radical (unpaired) electrons. The van der Waals surface area contributed by atoms with Crippen LogP contribution in [0.1, 0.15) is 48.5 Å². The van der Waals surface area contributed by atoms with Gasteiger partial charge in [0.05, 0.1) is 0 Å². The lowest BCUT2D eigenvalue weighted by Crippen LogP contribution is -2.34. The number of amides is 1. The molecule has 18 heavy (non-hydrogen) atoms. The van der Waals surface area contributed by atoms with E-state index in [-0.39, 0.29) is 5.91 Å². The molecule has 1 N–H and O–H groups in total. The van der Waals surface area contributed by atoms with Gasteiger partial charge in [0.15, 0.2) is 0 Å². The number of hydrogen-bond donors (Lipinski definition) is 1. The van der Waals surface area contributed by atoms with E-state index >= 15 is 0 Å². The van der Waals surface area contributed by atoms with Crippen LogP contribution in [0.25, 0.3) is 0 Å². The van der Waals surface area contributed by atoms with E-state index < -0.39 is 0 Å². The van der Waals surface area contributed by atoms with Crippen molar-refractivity contribution >= 4 is 21.8 Å². The van der Waals surface area contributed by atoms with Crippen molar-refractivity contribution in [3.8, 4) is 0 Å². The normalized spacial score (nSPS) is 17.7. The van der Waals surface area contributed by atoms with Crippen LogP contribution in [-0.4, -0.2) is 12.5 Å². The molecule has 0 atom stereocenters. The van der Waals surface area contributed by atoms with Gasteiger partial charge in [-0.3, -0.25) is 4.79 Å². The highest BCUT2D eigenvalue weighted by molar-refractivity contribution is 9.10. The summed E-state index contributed by atoms with van der Waals surface area (Å²) in [5.74, 6) is 0.0347. The molecule has 0 bridgehead atoms. The Balaban J connectivity index is 1.99. The first-order valence-corrected chi connectivity index (χ1v) is 7.33. The van der Waals surface area contributed by atoms with E-state index in [1.165, 1.54) is 25.7 Å². The second-order valence-corrected chi connectivity index (χ2v) is 6.63. The number of carbonyl (C=O) groups is 1. The highest BCUT2D eigenvalue weighted by Crippen LogP contribution is 2.36. The van der Waals surface area contributed by atoms with Crippen LogP contribution in [0.3, 0.4) is 0 Å². The Labute approximate surface area is 117 Å². The van der Waals surface area contributed by atoms with Gasteiger partial charge < -0.3 is 5.32 Å². The second kappa shape index (κ2) is 5.43. The molecule has 0 unspecified atom stereocenters. The molecule has 2 rings (SSSR count). The lowest BCUT2D eigenvalue weighted by atomic mass is 9.89. The van der Waals surface area contributed by atoms with Gasteiger partial charge in [-0.1, -0.05) is 35.7 Å². The Morgan fingerprint density at radius 2 is 2.00 bits per heavy atom. The Hall–Kier alpha value is -0.830. The zero-order valence-corrected chi connectivity index (χ0v) is 12.6. The number of halogens is 1. The van der Waals surface area contributed by atoms with E-state index in [1.54, 1.807) is 0 Å². The van der Waals surface area contributed by atoms with Crippen molar-refractivity contribution in [1.29, 1.82) is 0 Å². The van der Waals surface area contributed by atoms with Crippen molar-refractivity contribution in [2.24, 2.45) is 5.41 Å². The molecule has 0 aromatic heterocycles. The number of benzene rings is 1. The van der Waals surface area contributed by atoms with Gasteiger partial charge in [-0.2, -0.15) is 0 Å². The maximum Gasteiger partial charge on any atom is 0.251 e. The molecule has 1 aliphatic carbocycles. The predicted molar refractivity (Wildman–Crippen MR) is 77.8 cm³/mol. The minimum atomic E-state index is 0.0347. The Bertz CT molecular complexity index is 430. The first kappa shape index (κ1) is 13.6. The van der Waals surface area contributed by atoms with Gasteiger partial charge in [0.25, 0.3) is 5.91 Å². The summed E-state index contributed by atoms with van der Waals surface area (Å²) in [6.07, 6.45) is 5.04. The van der Waals surface area contributed by atoms with Gasteiger partial charge in [-0.25, -0.2) is 0 Å². The highest BCUT2D eigenvalue weighted by atomic mass is 79.9. The van der Waals surface area contributed by atoms with Crippen LogP contribution in [0.4, 0.5) is 0 Å². The summed E-state index contributed by atoms with van der Waals surface area (Å²) in [5, 5.41) is 3.08. The molecule has 0 spiro atoms. The van der Waals surface area contributed by atoms with Crippen LogP contribution in [0, 0.1) is 12.3 Å². The van der Waals surface area contributed by atoms with Crippen molar-refractivity contribution in [2.45, 2.75) is 39.5 Å². The second-order valence-electron chi connectivity index (χ2n) is 5.72. The van der Waals surface area contributed by atoms with Gasteiger partial charge in [0.1, 0.15) is 0 Å². The van der Waals surface area contributed by atoms with Gasteiger partial charge in [0, 0.05) is 16.6 Å². The Kier molecular flexibility index (Phi) is 4.10. The third-order valence-electron chi connectivity index (χ3n) is 3.79. The topological polar surface area (TPSA) is 29.1 Å². The number of nitrogens with one attached hydrogen (secondary N) is 1. The molecule has 1 aromatic rings. The Morgan fingerprint density at radius 1 is 1.33 bits per heavy atom. The molecule has 0 aliphatic heterocycles. The fraction of sp³-hybridized carbons (Fsp3) is 0.533. The molecule has 98 valence electrons. The minimum Gasteiger partial charge on any atom is -0.351 e. The third-order valence-corrected chi connectivity index (χ3v) is 4.25. The number of aryl methyl sites for hydroxylation is 1. The predicted octanol–water partition coefficient (Wildman–Crippen LogP) is 4.07. The maximum absolute atomic E-state index is 12.1. The van der Waals surface area contributed by atoms with Crippen LogP contribution in [0.2, 0.25) is 0 Å². The van der Waals surface area contributed by atoms with E-state index in [1.807, 2.05) is 25.1 Å². The molecule has 0 heterocycles. The first-order valence-electron chi connectivity index (χ1n) is 6.54. The quantitative estimate of drug-likeness (QED) is 0.896. The number of rotatable bonds is 3. The van der Waals surface area contributed by atoms with Crippen LogP contribution in [0.15, 0.2) is 22.7 Å². The third kappa shape index (κ3) is 3.35. The molecule has 1 fully saturated rings. The summed E-state index contributed by atoms with van der Waals surface area (Å²) >= 11 is 3.43. The minimum absolute atomic E-state index is 0.0347. The van der Waals surface area contributed by atoms with Crippen molar-refractivity contribution < 1.29 is 4.79 Å².